The van der Waals surface area contributed by atoms with Crippen molar-refractivity contribution in [1.29, 1.82) is 0 Å². The van der Waals surface area contributed by atoms with Gasteiger partial charge in [-0.1, -0.05) is 30.0 Å². The molecule has 0 spiro atoms. The fourth-order valence-corrected chi connectivity index (χ4v) is 3.50. The molecule has 0 atom stereocenters. The summed E-state index contributed by atoms with van der Waals surface area (Å²) in [5.41, 5.74) is 1.90. The number of nitrogens with zero attached hydrogens (tertiary/aromatic N) is 2. The average Bonchev–Trinajstić information content (AvgIpc) is 3.08. The number of fused-ring (bicyclic) bond motifs is 1. The molecule has 27 heavy (non-hydrogen) atoms. The van der Waals surface area contributed by atoms with Crippen LogP contribution in [0.1, 0.15) is 10.4 Å². The zero-order chi connectivity index (χ0) is 19.4. The summed E-state index contributed by atoms with van der Waals surface area (Å²) < 4.78 is 17.7. The molecule has 0 saturated carbocycles. The third kappa shape index (κ3) is 3.50. The van der Waals surface area contributed by atoms with Crippen molar-refractivity contribution in [2.75, 3.05) is 27.1 Å². The molecule has 1 aromatic heterocycles. The number of hydrogen-bond donors (Lipinski definition) is 0. The van der Waals surface area contributed by atoms with Gasteiger partial charge in [-0.3, -0.25) is 9.36 Å². The molecular formula is C20H20N2O4S. The van der Waals surface area contributed by atoms with Crippen molar-refractivity contribution < 1.29 is 19.0 Å². The predicted molar refractivity (Wildman–Crippen MR) is 106 cm³/mol. The van der Waals surface area contributed by atoms with Crippen molar-refractivity contribution in [3.05, 3.63) is 54.6 Å². The van der Waals surface area contributed by atoms with Crippen LogP contribution in [0.5, 0.6) is 17.2 Å². The molecule has 1 heterocycles. The minimum absolute atomic E-state index is 0.227. The summed E-state index contributed by atoms with van der Waals surface area (Å²) in [4.78, 5) is 18.0. The predicted octanol–water partition coefficient (Wildman–Crippen LogP) is 4.03. The van der Waals surface area contributed by atoms with E-state index in [-0.39, 0.29) is 5.91 Å². The maximum absolute atomic E-state index is 13.4. The molecule has 0 unspecified atom stereocenters. The number of imidazole rings is 1. The van der Waals surface area contributed by atoms with E-state index < -0.39 is 0 Å². The highest BCUT2D eigenvalue weighted by Crippen LogP contribution is 2.39. The monoisotopic (exact) mass is 384 g/mol. The van der Waals surface area contributed by atoms with E-state index in [9.17, 15) is 4.79 Å². The topological polar surface area (TPSA) is 62.6 Å². The number of benzene rings is 2. The lowest BCUT2D eigenvalue weighted by Gasteiger charge is -2.14. The van der Waals surface area contributed by atoms with Crippen molar-refractivity contribution in [2.45, 2.75) is 5.16 Å². The minimum Gasteiger partial charge on any atom is -0.493 e. The summed E-state index contributed by atoms with van der Waals surface area (Å²) in [6, 6.07) is 10.8. The van der Waals surface area contributed by atoms with Gasteiger partial charge in [0.15, 0.2) is 16.7 Å². The lowest BCUT2D eigenvalue weighted by molar-refractivity contribution is 0.0954. The molecule has 3 rings (SSSR count). The Kier molecular flexibility index (Phi) is 5.71. The maximum atomic E-state index is 13.4. The molecule has 7 heteroatoms. The largest absolute Gasteiger partial charge is 0.493 e. The molecule has 2 aromatic carbocycles. The molecule has 6 nitrogen and oxygen atoms in total. The molecule has 0 aliphatic rings. The highest BCUT2D eigenvalue weighted by molar-refractivity contribution is 7.99. The lowest BCUT2D eigenvalue weighted by Crippen LogP contribution is -2.14. The number of methoxy groups -OCH3 is 3. The van der Waals surface area contributed by atoms with Crippen LogP contribution in [0.15, 0.2) is 54.2 Å². The normalized spacial score (nSPS) is 10.6. The summed E-state index contributed by atoms with van der Waals surface area (Å²) in [7, 11) is 4.56. The number of ether oxygens (including phenoxy) is 3. The molecule has 0 saturated heterocycles. The second-order valence-corrected chi connectivity index (χ2v) is 6.52. The molecule has 3 aromatic rings. The minimum atomic E-state index is -0.227. The summed E-state index contributed by atoms with van der Waals surface area (Å²) in [6.07, 6.45) is 1.78. The third-order valence-corrected chi connectivity index (χ3v) is 4.91. The Bertz CT molecular complexity index is 972. The van der Waals surface area contributed by atoms with Crippen molar-refractivity contribution >= 4 is 28.7 Å². The Morgan fingerprint density at radius 1 is 1.15 bits per heavy atom. The van der Waals surface area contributed by atoms with Gasteiger partial charge in [-0.2, -0.15) is 0 Å². The SMILES string of the molecule is C=CCSc1nc2ccccc2n1C(=O)c1cc(OC)c(OC)c(OC)c1. The first kappa shape index (κ1) is 18.8. The Balaban J connectivity index is 2.17. The van der Waals surface area contributed by atoms with Gasteiger partial charge in [0.05, 0.1) is 32.4 Å². The number of rotatable bonds is 7. The van der Waals surface area contributed by atoms with Crippen molar-refractivity contribution in [2.24, 2.45) is 0 Å². The molecular weight excluding hydrogens is 364 g/mol. The number of hydrogen-bond acceptors (Lipinski definition) is 6. The second-order valence-electron chi connectivity index (χ2n) is 5.54. The van der Waals surface area contributed by atoms with Crippen LogP contribution in [-0.2, 0) is 0 Å². The van der Waals surface area contributed by atoms with E-state index in [1.807, 2.05) is 24.3 Å². The van der Waals surface area contributed by atoms with Crippen molar-refractivity contribution in [3.8, 4) is 17.2 Å². The molecule has 0 N–H and O–H groups in total. The van der Waals surface area contributed by atoms with Gasteiger partial charge in [0.1, 0.15) is 0 Å². The summed E-state index contributed by atoms with van der Waals surface area (Å²) in [5, 5.41) is 0.606. The van der Waals surface area contributed by atoms with Crippen molar-refractivity contribution in [3.63, 3.8) is 0 Å². The van der Waals surface area contributed by atoms with Crippen LogP contribution < -0.4 is 14.2 Å². The van der Waals surface area contributed by atoms with E-state index >= 15 is 0 Å². The van der Waals surface area contributed by atoms with Gasteiger partial charge in [0, 0.05) is 11.3 Å². The van der Waals surface area contributed by atoms with E-state index in [4.69, 9.17) is 14.2 Å². The highest BCUT2D eigenvalue weighted by Gasteiger charge is 2.22. The summed E-state index contributed by atoms with van der Waals surface area (Å²) in [6.45, 7) is 3.74. The fraction of sp³-hybridized carbons (Fsp3) is 0.200. The number of aromatic nitrogens is 2. The summed E-state index contributed by atoms with van der Waals surface area (Å²) in [5.74, 6) is 1.70. The summed E-state index contributed by atoms with van der Waals surface area (Å²) >= 11 is 1.45. The van der Waals surface area contributed by atoms with Crippen LogP contribution in [0.2, 0.25) is 0 Å². The van der Waals surface area contributed by atoms with Crippen LogP contribution in [0.25, 0.3) is 11.0 Å². The molecule has 0 aliphatic carbocycles. The zero-order valence-corrected chi connectivity index (χ0v) is 16.2. The Labute approximate surface area is 161 Å². The van der Waals surface area contributed by atoms with Gasteiger partial charge < -0.3 is 14.2 Å². The van der Waals surface area contributed by atoms with Crippen LogP contribution in [-0.4, -0.2) is 42.5 Å². The molecule has 0 amide bonds. The first-order chi connectivity index (χ1) is 13.1. The number of para-hydroxylation sites is 2. The van der Waals surface area contributed by atoms with Gasteiger partial charge in [0.25, 0.3) is 5.91 Å². The second kappa shape index (κ2) is 8.18. The molecule has 0 aliphatic heterocycles. The molecule has 0 bridgehead atoms. The highest BCUT2D eigenvalue weighted by atomic mass is 32.2. The third-order valence-electron chi connectivity index (χ3n) is 3.98. The van der Waals surface area contributed by atoms with Gasteiger partial charge in [-0.15, -0.1) is 6.58 Å². The van der Waals surface area contributed by atoms with E-state index in [1.165, 1.54) is 33.1 Å². The molecule has 0 radical (unpaired) electrons. The van der Waals surface area contributed by atoms with Crippen LogP contribution in [0.3, 0.4) is 0 Å². The van der Waals surface area contributed by atoms with E-state index in [0.717, 1.165) is 11.0 Å². The first-order valence-corrected chi connectivity index (χ1v) is 9.19. The average molecular weight is 384 g/mol. The molecule has 0 fully saturated rings. The van der Waals surface area contributed by atoms with E-state index in [1.54, 1.807) is 22.8 Å². The quantitative estimate of drug-likeness (QED) is 0.453. The Morgan fingerprint density at radius 2 is 1.81 bits per heavy atom. The number of thioether (sulfide) groups is 1. The smallest absolute Gasteiger partial charge is 0.264 e. The van der Waals surface area contributed by atoms with Gasteiger partial charge >= 0.3 is 0 Å². The van der Waals surface area contributed by atoms with Crippen LogP contribution >= 0.6 is 11.8 Å². The van der Waals surface area contributed by atoms with Gasteiger partial charge in [0.2, 0.25) is 5.75 Å². The maximum Gasteiger partial charge on any atom is 0.264 e. The fourth-order valence-electron chi connectivity index (χ4n) is 2.76. The zero-order valence-electron chi connectivity index (χ0n) is 15.4. The standard InChI is InChI=1S/C20H20N2O4S/c1-5-10-27-20-21-14-8-6-7-9-15(14)22(20)19(23)13-11-16(24-2)18(26-4)17(12-13)25-3/h5-9,11-12H,1,10H2,2-4H3. The molecule has 140 valence electrons. The Morgan fingerprint density at radius 3 is 2.41 bits per heavy atom. The van der Waals surface area contributed by atoms with E-state index in [0.29, 0.717) is 33.7 Å². The van der Waals surface area contributed by atoms with E-state index in [2.05, 4.69) is 11.6 Å². The number of carbonyl (C=O) groups is 1. The van der Waals surface area contributed by atoms with Crippen LogP contribution in [0.4, 0.5) is 0 Å². The van der Waals surface area contributed by atoms with Gasteiger partial charge in [-0.25, -0.2) is 4.98 Å². The lowest BCUT2D eigenvalue weighted by atomic mass is 10.1. The van der Waals surface area contributed by atoms with Crippen molar-refractivity contribution in [1.82, 2.24) is 9.55 Å². The van der Waals surface area contributed by atoms with Crippen LogP contribution in [0, 0.1) is 0 Å². The first-order valence-electron chi connectivity index (χ1n) is 8.20. The number of carbonyl (C=O) groups excluding carboxylic acids is 1. The van der Waals surface area contributed by atoms with Gasteiger partial charge in [-0.05, 0) is 24.3 Å². The Hall–Kier alpha value is -2.93.